The first kappa shape index (κ1) is 14.0. The van der Waals surface area contributed by atoms with Crippen LogP contribution in [0.4, 0.5) is 8.78 Å². The first-order valence-corrected chi connectivity index (χ1v) is 5.36. The molecule has 0 aliphatic heterocycles. The van der Waals surface area contributed by atoms with Gasteiger partial charge in [0.2, 0.25) is 0 Å². The van der Waals surface area contributed by atoms with Crippen LogP contribution in [0.15, 0.2) is 18.2 Å². The van der Waals surface area contributed by atoms with Crippen LogP contribution >= 0.6 is 0 Å². The summed E-state index contributed by atoms with van der Waals surface area (Å²) in [6.45, 7) is 3.66. The Labute approximate surface area is 99.9 Å². The molecule has 3 nitrogen and oxygen atoms in total. The van der Waals surface area contributed by atoms with E-state index in [1.807, 2.05) is 13.8 Å². The molecule has 1 unspecified atom stereocenters. The number of rotatable bonds is 5. The highest BCUT2D eigenvalue weighted by Crippen LogP contribution is 2.19. The predicted molar refractivity (Wildman–Crippen MR) is 62.3 cm³/mol. The molecule has 1 atom stereocenters. The molecule has 1 aromatic carbocycles. The van der Waals surface area contributed by atoms with Crippen molar-refractivity contribution in [3.8, 4) is 0 Å². The maximum absolute atomic E-state index is 13.5. The van der Waals surface area contributed by atoms with E-state index in [1.165, 1.54) is 6.07 Å². The molecule has 0 bridgehead atoms. The van der Waals surface area contributed by atoms with Crippen molar-refractivity contribution in [3.63, 3.8) is 0 Å². The lowest BCUT2D eigenvalue weighted by Gasteiger charge is -2.32. The minimum atomic E-state index is -0.576. The van der Waals surface area contributed by atoms with Gasteiger partial charge in [-0.15, -0.1) is 0 Å². The summed E-state index contributed by atoms with van der Waals surface area (Å²) in [6.07, 6.45) is 0.251. The van der Waals surface area contributed by atoms with Gasteiger partial charge in [0.25, 0.3) is 0 Å². The Bertz CT molecular complexity index is 383. The molecule has 96 valence electrons. The maximum atomic E-state index is 13.5. The van der Waals surface area contributed by atoms with Crippen LogP contribution in [-0.2, 0) is 11.2 Å². The van der Waals surface area contributed by atoms with Crippen molar-refractivity contribution in [2.45, 2.75) is 31.9 Å². The van der Waals surface area contributed by atoms with Gasteiger partial charge in [-0.25, -0.2) is 8.78 Å². The Kier molecular flexibility index (Phi) is 4.56. The van der Waals surface area contributed by atoms with Gasteiger partial charge < -0.3 is 4.74 Å². The predicted octanol–water partition coefficient (Wildman–Crippen LogP) is 1.76. The van der Waals surface area contributed by atoms with Crippen molar-refractivity contribution in [1.82, 2.24) is 5.43 Å². The van der Waals surface area contributed by atoms with Crippen LogP contribution in [-0.4, -0.2) is 18.8 Å². The lowest BCUT2D eigenvalue weighted by Crippen LogP contribution is -2.52. The van der Waals surface area contributed by atoms with Gasteiger partial charge in [-0.05, 0) is 44.0 Å². The lowest BCUT2D eigenvalue weighted by atomic mass is 9.92. The molecule has 0 aliphatic rings. The van der Waals surface area contributed by atoms with Crippen LogP contribution in [0.5, 0.6) is 0 Å². The number of nitrogens with one attached hydrogen (secondary N) is 1. The highest BCUT2D eigenvalue weighted by Gasteiger charge is 2.29. The number of nitrogens with two attached hydrogens (primary N) is 1. The highest BCUT2D eigenvalue weighted by molar-refractivity contribution is 5.20. The zero-order chi connectivity index (χ0) is 13.1. The van der Waals surface area contributed by atoms with E-state index >= 15 is 0 Å². The van der Waals surface area contributed by atoms with Crippen molar-refractivity contribution in [1.29, 1.82) is 0 Å². The van der Waals surface area contributed by atoms with Gasteiger partial charge in [0.1, 0.15) is 11.6 Å². The van der Waals surface area contributed by atoms with Gasteiger partial charge >= 0.3 is 0 Å². The van der Waals surface area contributed by atoms with Gasteiger partial charge in [-0.1, -0.05) is 0 Å². The molecule has 1 rings (SSSR count). The Morgan fingerprint density at radius 3 is 2.59 bits per heavy atom. The third-order valence-electron chi connectivity index (χ3n) is 3.00. The minimum absolute atomic E-state index is 0.251. The normalized spacial score (nSPS) is 13.8. The third-order valence-corrected chi connectivity index (χ3v) is 3.00. The van der Waals surface area contributed by atoms with Crippen molar-refractivity contribution in [2.24, 2.45) is 5.84 Å². The molecule has 0 saturated carbocycles. The second-order valence-electron chi connectivity index (χ2n) is 4.47. The van der Waals surface area contributed by atoms with Crippen molar-refractivity contribution < 1.29 is 13.5 Å². The van der Waals surface area contributed by atoms with Gasteiger partial charge in [0.15, 0.2) is 0 Å². The molecular formula is C12H18F2N2O. The lowest BCUT2D eigenvalue weighted by molar-refractivity contribution is -0.0103. The fourth-order valence-electron chi connectivity index (χ4n) is 1.57. The monoisotopic (exact) mass is 244 g/mol. The zero-order valence-electron chi connectivity index (χ0n) is 10.3. The zero-order valence-corrected chi connectivity index (χ0v) is 10.3. The van der Waals surface area contributed by atoms with E-state index in [1.54, 1.807) is 7.11 Å². The summed E-state index contributed by atoms with van der Waals surface area (Å²) in [5.41, 5.74) is 2.27. The number of halogens is 2. The number of benzene rings is 1. The summed E-state index contributed by atoms with van der Waals surface area (Å²) in [7, 11) is 1.55. The van der Waals surface area contributed by atoms with Crippen LogP contribution in [0.3, 0.4) is 0 Å². The average Bonchev–Trinajstić information content (AvgIpc) is 2.30. The topological polar surface area (TPSA) is 47.3 Å². The summed E-state index contributed by atoms with van der Waals surface area (Å²) >= 11 is 0. The van der Waals surface area contributed by atoms with Gasteiger partial charge in [0.05, 0.1) is 11.6 Å². The van der Waals surface area contributed by atoms with Gasteiger partial charge in [-0.3, -0.25) is 11.3 Å². The summed E-state index contributed by atoms with van der Waals surface area (Å²) in [5.74, 6) is 4.51. The summed E-state index contributed by atoms with van der Waals surface area (Å²) in [6, 6.07) is 3.05. The van der Waals surface area contributed by atoms with Crippen molar-refractivity contribution in [3.05, 3.63) is 35.4 Å². The molecule has 1 aromatic rings. The molecule has 0 fully saturated rings. The molecule has 0 amide bonds. The quantitative estimate of drug-likeness (QED) is 0.613. The Morgan fingerprint density at radius 1 is 1.41 bits per heavy atom. The second-order valence-corrected chi connectivity index (χ2v) is 4.47. The van der Waals surface area contributed by atoms with Crippen LogP contribution < -0.4 is 11.3 Å². The van der Waals surface area contributed by atoms with E-state index < -0.39 is 17.2 Å². The number of hydrogen-bond acceptors (Lipinski definition) is 3. The van der Waals surface area contributed by atoms with Crippen molar-refractivity contribution >= 4 is 0 Å². The first-order chi connectivity index (χ1) is 7.90. The summed E-state index contributed by atoms with van der Waals surface area (Å²) < 4.78 is 31.8. The molecule has 17 heavy (non-hydrogen) atoms. The van der Waals surface area contributed by atoms with Gasteiger partial charge in [-0.2, -0.15) is 0 Å². The molecule has 0 heterocycles. The third kappa shape index (κ3) is 3.46. The highest BCUT2D eigenvalue weighted by atomic mass is 19.1. The summed E-state index contributed by atoms with van der Waals surface area (Å²) in [5, 5.41) is 0. The maximum Gasteiger partial charge on any atom is 0.126 e. The van der Waals surface area contributed by atoms with E-state index in [0.29, 0.717) is 0 Å². The minimum Gasteiger partial charge on any atom is -0.377 e. The summed E-state index contributed by atoms with van der Waals surface area (Å²) in [4.78, 5) is 0. The van der Waals surface area contributed by atoms with E-state index in [4.69, 9.17) is 10.6 Å². The fraction of sp³-hybridized carbons (Fsp3) is 0.500. The average molecular weight is 244 g/mol. The molecule has 3 N–H and O–H groups in total. The standard InChI is InChI=1S/C12H18F2N2O/c1-12(2,17-3)11(16-15)7-8-6-9(13)4-5-10(8)14/h4-6,11,16H,7,15H2,1-3H3. The molecule has 0 aliphatic carbocycles. The fourth-order valence-corrected chi connectivity index (χ4v) is 1.57. The Morgan fingerprint density at radius 2 is 2.06 bits per heavy atom. The van der Waals surface area contributed by atoms with E-state index in [2.05, 4.69) is 5.43 Å². The van der Waals surface area contributed by atoms with Crippen molar-refractivity contribution in [2.75, 3.05) is 7.11 Å². The van der Waals surface area contributed by atoms with E-state index in [-0.39, 0.29) is 18.0 Å². The number of methoxy groups -OCH3 is 1. The molecule has 0 aromatic heterocycles. The molecule has 0 radical (unpaired) electrons. The number of hydrazine groups is 1. The van der Waals surface area contributed by atoms with E-state index in [9.17, 15) is 8.78 Å². The smallest absolute Gasteiger partial charge is 0.126 e. The van der Waals surface area contributed by atoms with Crippen LogP contribution in [0.1, 0.15) is 19.4 Å². The largest absolute Gasteiger partial charge is 0.377 e. The Balaban J connectivity index is 2.91. The molecule has 0 spiro atoms. The van der Waals surface area contributed by atoms with Crippen LogP contribution in [0.25, 0.3) is 0 Å². The first-order valence-electron chi connectivity index (χ1n) is 5.36. The van der Waals surface area contributed by atoms with Gasteiger partial charge in [0, 0.05) is 7.11 Å². The SMILES string of the molecule is COC(C)(C)C(Cc1cc(F)ccc1F)NN. The van der Waals surface area contributed by atoms with E-state index in [0.717, 1.165) is 12.1 Å². The number of ether oxygens (including phenoxy) is 1. The second kappa shape index (κ2) is 5.53. The van der Waals surface area contributed by atoms with Crippen LogP contribution in [0.2, 0.25) is 0 Å². The number of hydrogen-bond donors (Lipinski definition) is 2. The Hall–Kier alpha value is -1.04. The molecule has 5 heteroatoms. The molecule has 0 saturated heterocycles. The molecular weight excluding hydrogens is 226 g/mol. The van der Waals surface area contributed by atoms with Crippen LogP contribution in [0, 0.1) is 11.6 Å².